The van der Waals surface area contributed by atoms with Crippen LogP contribution in [-0.4, -0.2) is 23.2 Å². The summed E-state index contributed by atoms with van der Waals surface area (Å²) in [7, 11) is 0. The molecule has 5 heteroatoms. The molecule has 0 saturated heterocycles. The van der Waals surface area contributed by atoms with Gasteiger partial charge in [0.05, 0.1) is 0 Å². The van der Waals surface area contributed by atoms with E-state index in [-0.39, 0.29) is 12.1 Å². The van der Waals surface area contributed by atoms with Crippen molar-refractivity contribution in [3.8, 4) is 5.75 Å². The summed E-state index contributed by atoms with van der Waals surface area (Å²) < 4.78 is 5.25. The van der Waals surface area contributed by atoms with Crippen LogP contribution in [0, 0.1) is 0 Å². The van der Waals surface area contributed by atoms with E-state index in [1.54, 1.807) is 18.2 Å². The molecule has 0 bridgehead atoms. The van der Waals surface area contributed by atoms with Crippen LogP contribution in [-0.2, 0) is 11.3 Å². The zero-order chi connectivity index (χ0) is 14.5. The molecule has 19 heavy (non-hydrogen) atoms. The van der Waals surface area contributed by atoms with Crippen molar-refractivity contribution in [1.82, 2.24) is 5.32 Å². The fourth-order valence-corrected chi connectivity index (χ4v) is 1.62. The lowest BCUT2D eigenvalue weighted by molar-refractivity contribution is -0.139. The molecule has 0 aliphatic rings. The minimum absolute atomic E-state index is 0.00633. The molecule has 1 aromatic carbocycles. The first-order valence-electron chi connectivity index (χ1n) is 6.22. The second-order valence-corrected chi connectivity index (χ2v) is 5.46. The number of nitrogens with one attached hydrogen (secondary N) is 1. The number of carbonyl (C=O) groups is 1. The number of rotatable bonds is 7. The Morgan fingerprint density at radius 2 is 2.16 bits per heavy atom. The van der Waals surface area contributed by atoms with Crippen LogP contribution in [0.25, 0.3) is 0 Å². The highest BCUT2D eigenvalue weighted by atomic mass is 35.5. The molecular formula is C14H20ClNO3. The second-order valence-electron chi connectivity index (χ2n) is 5.03. The van der Waals surface area contributed by atoms with Gasteiger partial charge >= 0.3 is 5.97 Å². The van der Waals surface area contributed by atoms with Crippen LogP contribution in [0.15, 0.2) is 18.2 Å². The first-order valence-corrected chi connectivity index (χ1v) is 6.60. The molecule has 0 aliphatic heterocycles. The Morgan fingerprint density at radius 1 is 1.47 bits per heavy atom. The van der Waals surface area contributed by atoms with Crippen molar-refractivity contribution in [2.24, 2.45) is 0 Å². The van der Waals surface area contributed by atoms with Crippen LogP contribution >= 0.6 is 11.6 Å². The molecule has 0 spiro atoms. The van der Waals surface area contributed by atoms with E-state index < -0.39 is 5.97 Å². The third-order valence-corrected chi connectivity index (χ3v) is 3.25. The standard InChI is InChI=1S/C14H20ClNO3/c1-4-14(2,3)16-8-10-7-11(15)5-6-12(10)19-9-13(17)18/h5-7,16H,4,8-9H2,1-3H3,(H,17,18). The molecule has 106 valence electrons. The summed E-state index contributed by atoms with van der Waals surface area (Å²) in [6.45, 7) is 6.54. The number of carboxylic acids is 1. The molecule has 0 heterocycles. The summed E-state index contributed by atoms with van der Waals surface area (Å²) in [5, 5.41) is 12.7. The smallest absolute Gasteiger partial charge is 0.341 e. The highest BCUT2D eigenvalue weighted by Gasteiger charge is 2.15. The summed E-state index contributed by atoms with van der Waals surface area (Å²) >= 11 is 5.96. The van der Waals surface area contributed by atoms with Crippen LogP contribution in [0.5, 0.6) is 5.75 Å². The first-order chi connectivity index (χ1) is 8.84. The van der Waals surface area contributed by atoms with Gasteiger partial charge in [0.1, 0.15) is 5.75 Å². The lowest BCUT2D eigenvalue weighted by atomic mass is 10.0. The van der Waals surface area contributed by atoms with Crippen LogP contribution < -0.4 is 10.1 Å². The molecule has 1 rings (SSSR count). The summed E-state index contributed by atoms with van der Waals surface area (Å²) in [5.41, 5.74) is 0.863. The molecule has 0 amide bonds. The van der Waals surface area contributed by atoms with Gasteiger partial charge in [-0.3, -0.25) is 0 Å². The van der Waals surface area contributed by atoms with E-state index >= 15 is 0 Å². The quantitative estimate of drug-likeness (QED) is 0.808. The van der Waals surface area contributed by atoms with E-state index in [1.807, 2.05) is 0 Å². The largest absolute Gasteiger partial charge is 0.482 e. The maximum atomic E-state index is 10.5. The molecule has 0 radical (unpaired) electrons. The van der Waals surface area contributed by atoms with Crippen molar-refractivity contribution in [2.75, 3.05) is 6.61 Å². The van der Waals surface area contributed by atoms with Gasteiger partial charge in [-0.1, -0.05) is 18.5 Å². The Labute approximate surface area is 118 Å². The number of ether oxygens (including phenoxy) is 1. The normalized spacial score (nSPS) is 11.4. The number of benzene rings is 1. The lowest BCUT2D eigenvalue weighted by Crippen LogP contribution is -2.37. The molecule has 0 atom stereocenters. The van der Waals surface area contributed by atoms with Crippen molar-refractivity contribution >= 4 is 17.6 Å². The molecular weight excluding hydrogens is 266 g/mol. The van der Waals surface area contributed by atoms with Crippen LogP contribution in [0.3, 0.4) is 0 Å². The summed E-state index contributed by atoms with van der Waals surface area (Å²) in [6.07, 6.45) is 0.985. The van der Waals surface area contributed by atoms with E-state index in [1.165, 1.54) is 0 Å². The Bertz CT molecular complexity index is 446. The zero-order valence-electron chi connectivity index (χ0n) is 11.5. The maximum Gasteiger partial charge on any atom is 0.341 e. The predicted molar refractivity (Wildman–Crippen MR) is 75.8 cm³/mol. The number of carboxylic acid groups (broad SMARTS) is 1. The van der Waals surface area contributed by atoms with Crippen LogP contribution in [0.2, 0.25) is 5.02 Å². The van der Waals surface area contributed by atoms with Gasteiger partial charge in [0.15, 0.2) is 6.61 Å². The van der Waals surface area contributed by atoms with Gasteiger partial charge in [-0.2, -0.15) is 0 Å². The number of halogens is 1. The van der Waals surface area contributed by atoms with Gasteiger partial charge < -0.3 is 15.2 Å². The number of aliphatic carboxylic acids is 1. The highest BCUT2D eigenvalue weighted by Crippen LogP contribution is 2.23. The molecule has 0 saturated carbocycles. The highest BCUT2D eigenvalue weighted by molar-refractivity contribution is 6.30. The molecule has 0 unspecified atom stereocenters. The first kappa shape index (κ1) is 15.8. The minimum atomic E-state index is -0.997. The van der Waals surface area contributed by atoms with Gasteiger partial charge in [0.2, 0.25) is 0 Å². The van der Waals surface area contributed by atoms with Crippen molar-refractivity contribution in [3.63, 3.8) is 0 Å². The summed E-state index contributed by atoms with van der Waals surface area (Å²) in [5.74, 6) is -0.450. The molecule has 1 aromatic rings. The molecule has 2 N–H and O–H groups in total. The fraction of sp³-hybridized carbons (Fsp3) is 0.500. The predicted octanol–water partition coefficient (Wildman–Crippen LogP) is 3.08. The average molecular weight is 286 g/mol. The van der Waals surface area contributed by atoms with Gasteiger partial charge in [-0.05, 0) is 38.5 Å². The third-order valence-electron chi connectivity index (χ3n) is 3.01. The number of hydrogen-bond donors (Lipinski definition) is 2. The van der Waals surface area contributed by atoms with E-state index in [0.29, 0.717) is 17.3 Å². The lowest BCUT2D eigenvalue weighted by Gasteiger charge is -2.25. The maximum absolute atomic E-state index is 10.5. The second kappa shape index (κ2) is 6.78. The molecule has 0 aromatic heterocycles. The minimum Gasteiger partial charge on any atom is -0.482 e. The van der Waals surface area contributed by atoms with E-state index in [4.69, 9.17) is 21.4 Å². The van der Waals surface area contributed by atoms with Crippen molar-refractivity contribution in [1.29, 1.82) is 0 Å². The van der Waals surface area contributed by atoms with Crippen molar-refractivity contribution in [2.45, 2.75) is 39.3 Å². The average Bonchev–Trinajstić information content (AvgIpc) is 2.35. The Kier molecular flexibility index (Phi) is 5.63. The van der Waals surface area contributed by atoms with Crippen molar-refractivity contribution < 1.29 is 14.6 Å². The third kappa shape index (κ3) is 5.49. The molecule has 4 nitrogen and oxygen atoms in total. The zero-order valence-corrected chi connectivity index (χ0v) is 12.3. The monoisotopic (exact) mass is 285 g/mol. The van der Waals surface area contributed by atoms with E-state index in [9.17, 15) is 4.79 Å². The van der Waals surface area contributed by atoms with Gasteiger partial charge in [-0.25, -0.2) is 4.79 Å². The number of hydrogen-bond acceptors (Lipinski definition) is 3. The SMILES string of the molecule is CCC(C)(C)NCc1cc(Cl)ccc1OCC(=O)O. The van der Waals surface area contributed by atoms with Gasteiger partial charge in [0, 0.05) is 22.7 Å². The topological polar surface area (TPSA) is 58.6 Å². The Hall–Kier alpha value is -1.26. The molecule has 0 fully saturated rings. The Balaban J connectivity index is 2.79. The molecule has 0 aliphatic carbocycles. The fourth-order valence-electron chi connectivity index (χ4n) is 1.43. The van der Waals surface area contributed by atoms with E-state index in [2.05, 4.69) is 26.1 Å². The summed E-state index contributed by atoms with van der Waals surface area (Å²) in [6, 6.07) is 5.17. The van der Waals surface area contributed by atoms with Crippen LogP contribution in [0.1, 0.15) is 32.8 Å². The Morgan fingerprint density at radius 3 is 2.74 bits per heavy atom. The van der Waals surface area contributed by atoms with Gasteiger partial charge in [-0.15, -0.1) is 0 Å². The summed E-state index contributed by atoms with van der Waals surface area (Å²) in [4.78, 5) is 10.5. The van der Waals surface area contributed by atoms with Crippen molar-refractivity contribution in [3.05, 3.63) is 28.8 Å². The van der Waals surface area contributed by atoms with Crippen LogP contribution in [0.4, 0.5) is 0 Å². The van der Waals surface area contributed by atoms with Gasteiger partial charge in [0.25, 0.3) is 0 Å². The van der Waals surface area contributed by atoms with E-state index in [0.717, 1.165) is 12.0 Å².